The largest absolute Gasteiger partial charge is 0.355 e. The second kappa shape index (κ2) is 9.85. The summed E-state index contributed by atoms with van der Waals surface area (Å²) in [7, 11) is -3.80. The number of halogens is 1. The standard InChI is InChI=1S/C19H23BrN2O3S/c1-2-3-13-21-19(23)18(14-15-7-5-4-6-8-15)22-26(24,25)17-11-9-16(20)10-12-17/h4-12,18,22H,2-3,13-14H2,1H3,(H,21,23)/t18-/m1/s1. The van der Waals surface area contributed by atoms with Crippen molar-refractivity contribution in [2.75, 3.05) is 6.54 Å². The van der Waals surface area contributed by atoms with Crippen LogP contribution in [-0.4, -0.2) is 26.9 Å². The highest BCUT2D eigenvalue weighted by Gasteiger charge is 2.25. The van der Waals surface area contributed by atoms with Crippen molar-refractivity contribution in [2.45, 2.75) is 37.1 Å². The van der Waals surface area contributed by atoms with Gasteiger partial charge in [0.2, 0.25) is 15.9 Å². The fourth-order valence-corrected chi connectivity index (χ4v) is 3.88. The van der Waals surface area contributed by atoms with Crippen LogP contribution in [0.15, 0.2) is 64.0 Å². The molecule has 5 nitrogen and oxygen atoms in total. The van der Waals surface area contributed by atoms with Crippen molar-refractivity contribution in [1.82, 2.24) is 10.0 Å². The highest BCUT2D eigenvalue weighted by Crippen LogP contribution is 2.15. The van der Waals surface area contributed by atoms with E-state index in [0.29, 0.717) is 6.54 Å². The van der Waals surface area contributed by atoms with Gasteiger partial charge in [0.25, 0.3) is 0 Å². The number of carbonyl (C=O) groups excluding carboxylic acids is 1. The number of carbonyl (C=O) groups is 1. The van der Waals surface area contributed by atoms with Crippen molar-refractivity contribution in [3.05, 3.63) is 64.6 Å². The van der Waals surface area contributed by atoms with E-state index < -0.39 is 16.1 Å². The Bertz CT molecular complexity index is 808. The molecule has 1 amide bonds. The SMILES string of the molecule is CCCCNC(=O)[C@@H](Cc1ccccc1)NS(=O)(=O)c1ccc(Br)cc1. The summed E-state index contributed by atoms with van der Waals surface area (Å²) >= 11 is 3.29. The Kier molecular flexibility index (Phi) is 7.81. The molecule has 0 bridgehead atoms. The van der Waals surface area contributed by atoms with Crippen LogP contribution in [0.5, 0.6) is 0 Å². The first-order valence-electron chi connectivity index (χ1n) is 8.52. The summed E-state index contributed by atoms with van der Waals surface area (Å²) in [4.78, 5) is 12.7. The van der Waals surface area contributed by atoms with Crippen LogP contribution in [0.2, 0.25) is 0 Å². The van der Waals surface area contributed by atoms with Gasteiger partial charge in [-0.1, -0.05) is 59.6 Å². The minimum absolute atomic E-state index is 0.125. The molecule has 26 heavy (non-hydrogen) atoms. The molecule has 140 valence electrons. The van der Waals surface area contributed by atoms with Crippen molar-refractivity contribution >= 4 is 31.9 Å². The molecule has 2 N–H and O–H groups in total. The molecule has 0 heterocycles. The first-order valence-corrected chi connectivity index (χ1v) is 10.8. The third kappa shape index (κ3) is 6.23. The van der Waals surface area contributed by atoms with Gasteiger partial charge in [-0.15, -0.1) is 0 Å². The number of sulfonamides is 1. The molecular formula is C19H23BrN2O3S. The molecule has 0 saturated heterocycles. The van der Waals surface area contributed by atoms with Gasteiger partial charge in [-0.3, -0.25) is 4.79 Å². The van der Waals surface area contributed by atoms with Crippen LogP contribution < -0.4 is 10.0 Å². The molecule has 0 aliphatic carbocycles. The first kappa shape index (κ1) is 20.6. The lowest BCUT2D eigenvalue weighted by atomic mass is 10.1. The molecule has 0 saturated carbocycles. The summed E-state index contributed by atoms with van der Waals surface area (Å²) in [6.45, 7) is 2.56. The predicted octanol–water partition coefficient (Wildman–Crippen LogP) is 3.26. The Labute approximate surface area is 163 Å². The quantitative estimate of drug-likeness (QED) is 0.589. The molecule has 0 spiro atoms. The molecule has 2 rings (SSSR count). The lowest BCUT2D eigenvalue weighted by Gasteiger charge is -2.19. The van der Waals surface area contributed by atoms with Gasteiger partial charge >= 0.3 is 0 Å². The molecular weight excluding hydrogens is 416 g/mol. The summed E-state index contributed by atoms with van der Waals surface area (Å²) in [6, 6.07) is 14.8. The monoisotopic (exact) mass is 438 g/mol. The molecule has 0 unspecified atom stereocenters. The number of amides is 1. The predicted molar refractivity (Wildman–Crippen MR) is 106 cm³/mol. The smallest absolute Gasteiger partial charge is 0.241 e. The molecule has 0 aromatic heterocycles. The Hall–Kier alpha value is -1.70. The van der Waals surface area contributed by atoms with E-state index in [1.54, 1.807) is 12.1 Å². The van der Waals surface area contributed by atoms with Crippen LogP contribution >= 0.6 is 15.9 Å². The minimum atomic E-state index is -3.80. The zero-order valence-electron chi connectivity index (χ0n) is 14.6. The van der Waals surface area contributed by atoms with Gasteiger partial charge in [0.15, 0.2) is 0 Å². The Morgan fingerprint density at radius 2 is 1.73 bits per heavy atom. The zero-order chi connectivity index (χ0) is 19.0. The minimum Gasteiger partial charge on any atom is -0.355 e. The number of rotatable bonds is 9. The van der Waals surface area contributed by atoms with Crippen LogP contribution in [0, 0.1) is 0 Å². The van der Waals surface area contributed by atoms with E-state index in [-0.39, 0.29) is 17.2 Å². The van der Waals surface area contributed by atoms with Crippen molar-refractivity contribution in [3.8, 4) is 0 Å². The maximum Gasteiger partial charge on any atom is 0.241 e. The van der Waals surface area contributed by atoms with Gasteiger partial charge in [-0.2, -0.15) is 4.72 Å². The molecule has 2 aromatic carbocycles. The van der Waals surface area contributed by atoms with Gasteiger partial charge in [-0.25, -0.2) is 8.42 Å². The highest BCUT2D eigenvalue weighted by atomic mass is 79.9. The van der Waals surface area contributed by atoms with Crippen LogP contribution in [-0.2, 0) is 21.2 Å². The lowest BCUT2D eigenvalue weighted by Crippen LogP contribution is -2.48. The van der Waals surface area contributed by atoms with Gasteiger partial charge in [-0.05, 0) is 42.7 Å². The van der Waals surface area contributed by atoms with Crippen molar-refractivity contribution < 1.29 is 13.2 Å². The van der Waals surface area contributed by atoms with Crippen molar-refractivity contribution in [2.24, 2.45) is 0 Å². The summed E-state index contributed by atoms with van der Waals surface area (Å²) in [6.07, 6.45) is 2.09. The molecule has 0 fully saturated rings. The summed E-state index contributed by atoms with van der Waals surface area (Å²) in [5.74, 6) is -0.317. The Morgan fingerprint density at radius 1 is 1.08 bits per heavy atom. The number of unbranched alkanes of at least 4 members (excludes halogenated alkanes) is 1. The number of nitrogens with one attached hydrogen (secondary N) is 2. The first-order chi connectivity index (χ1) is 12.4. The van der Waals surface area contributed by atoms with Gasteiger partial charge < -0.3 is 5.32 Å². The van der Waals surface area contributed by atoms with Crippen LogP contribution in [0.1, 0.15) is 25.3 Å². The van der Waals surface area contributed by atoms with E-state index in [4.69, 9.17) is 0 Å². The van der Waals surface area contributed by atoms with Crippen molar-refractivity contribution in [1.29, 1.82) is 0 Å². The third-order valence-corrected chi connectivity index (χ3v) is 5.87. The molecule has 0 aliphatic rings. The molecule has 0 radical (unpaired) electrons. The Morgan fingerprint density at radius 3 is 2.35 bits per heavy atom. The zero-order valence-corrected chi connectivity index (χ0v) is 17.0. The third-order valence-electron chi connectivity index (χ3n) is 3.85. The summed E-state index contributed by atoms with van der Waals surface area (Å²) < 4.78 is 28.7. The average Bonchev–Trinajstić information content (AvgIpc) is 2.62. The summed E-state index contributed by atoms with van der Waals surface area (Å²) in [5, 5.41) is 2.81. The average molecular weight is 439 g/mol. The number of benzene rings is 2. The normalized spacial score (nSPS) is 12.5. The second-order valence-corrected chi connectivity index (χ2v) is 8.59. The van der Waals surface area contributed by atoms with Gasteiger partial charge in [0.1, 0.15) is 6.04 Å². The van der Waals surface area contributed by atoms with Gasteiger partial charge in [0, 0.05) is 11.0 Å². The number of hydrogen-bond acceptors (Lipinski definition) is 3. The maximum atomic E-state index is 12.7. The second-order valence-electron chi connectivity index (χ2n) is 5.96. The van der Waals surface area contributed by atoms with E-state index >= 15 is 0 Å². The van der Waals surface area contributed by atoms with Crippen LogP contribution in [0.25, 0.3) is 0 Å². The van der Waals surface area contributed by atoms with E-state index in [1.807, 2.05) is 37.3 Å². The van der Waals surface area contributed by atoms with Crippen molar-refractivity contribution in [3.63, 3.8) is 0 Å². The highest BCUT2D eigenvalue weighted by molar-refractivity contribution is 9.10. The van der Waals surface area contributed by atoms with Crippen LogP contribution in [0.3, 0.4) is 0 Å². The van der Waals surface area contributed by atoms with Gasteiger partial charge in [0.05, 0.1) is 4.90 Å². The Balaban J connectivity index is 2.19. The molecule has 1 atom stereocenters. The maximum absolute atomic E-state index is 12.7. The topological polar surface area (TPSA) is 75.3 Å². The molecule has 7 heteroatoms. The lowest BCUT2D eigenvalue weighted by molar-refractivity contribution is -0.122. The van der Waals surface area contributed by atoms with Crippen LogP contribution in [0.4, 0.5) is 0 Å². The van der Waals surface area contributed by atoms with E-state index in [2.05, 4.69) is 26.0 Å². The van der Waals surface area contributed by atoms with E-state index in [1.165, 1.54) is 12.1 Å². The summed E-state index contributed by atoms with van der Waals surface area (Å²) in [5.41, 5.74) is 0.890. The fourth-order valence-electron chi connectivity index (χ4n) is 2.42. The molecule has 2 aromatic rings. The number of hydrogen-bond donors (Lipinski definition) is 2. The molecule has 0 aliphatic heterocycles. The fraction of sp³-hybridized carbons (Fsp3) is 0.316. The van der Waals surface area contributed by atoms with E-state index in [9.17, 15) is 13.2 Å². The van der Waals surface area contributed by atoms with E-state index in [0.717, 1.165) is 22.9 Å².